The first kappa shape index (κ1) is 14.4. The summed E-state index contributed by atoms with van der Waals surface area (Å²) >= 11 is 11.6. The van der Waals surface area contributed by atoms with Crippen LogP contribution >= 0.6 is 23.2 Å². The van der Waals surface area contributed by atoms with E-state index in [1.54, 1.807) is 24.3 Å². The fraction of sp³-hybridized carbons (Fsp3) is 0.364. The number of hydrogen-bond donors (Lipinski definition) is 2. The Morgan fingerprint density at radius 2 is 1.84 bits per heavy atom. The zero-order valence-electron chi connectivity index (χ0n) is 9.77. The normalized spacial score (nSPS) is 24.9. The summed E-state index contributed by atoms with van der Waals surface area (Å²) in [5, 5.41) is 5.10. The van der Waals surface area contributed by atoms with Crippen molar-refractivity contribution in [1.82, 2.24) is 5.32 Å². The topological polar surface area (TPSA) is 75.3 Å². The lowest BCUT2D eigenvalue weighted by Gasteiger charge is -2.15. The minimum absolute atomic E-state index is 0.111. The fourth-order valence-electron chi connectivity index (χ4n) is 1.81. The van der Waals surface area contributed by atoms with Crippen molar-refractivity contribution < 1.29 is 13.2 Å². The van der Waals surface area contributed by atoms with E-state index in [0.29, 0.717) is 10.7 Å². The molecule has 2 N–H and O–H groups in total. The van der Waals surface area contributed by atoms with Crippen molar-refractivity contribution in [3.63, 3.8) is 0 Å². The molecule has 104 valence electrons. The van der Waals surface area contributed by atoms with E-state index in [0.717, 1.165) is 0 Å². The molecule has 1 fully saturated rings. The van der Waals surface area contributed by atoms with Gasteiger partial charge < -0.3 is 10.6 Å². The number of anilines is 1. The third kappa shape index (κ3) is 3.99. The Morgan fingerprint density at radius 3 is 2.37 bits per heavy atom. The average molecular weight is 323 g/mol. The second-order valence-corrected chi connectivity index (χ2v) is 7.46. The highest BCUT2D eigenvalue weighted by atomic mass is 35.5. The first-order valence-electron chi connectivity index (χ1n) is 5.53. The maximum absolute atomic E-state index is 11.7. The van der Waals surface area contributed by atoms with Gasteiger partial charge in [0.05, 0.1) is 22.9 Å². The smallest absolute Gasteiger partial charge is 0.319 e. The molecule has 2 rings (SSSR count). The summed E-state index contributed by atoms with van der Waals surface area (Å²) in [7, 11) is -3.16. The van der Waals surface area contributed by atoms with Gasteiger partial charge in [0.25, 0.3) is 0 Å². The standard InChI is InChI=1S/C11H12Cl2N2O3S/c12-7-1-3-8(4-2-7)14-11(16)15-10-6-19(17,18)5-9(10)13/h1-4,9-10H,5-6H2,(H2,14,15,16)/t9-,10-/m0/s1. The second kappa shape index (κ2) is 5.56. The number of halogens is 2. The maximum Gasteiger partial charge on any atom is 0.319 e. The summed E-state index contributed by atoms with van der Waals surface area (Å²) in [5.74, 6) is -0.240. The van der Waals surface area contributed by atoms with E-state index >= 15 is 0 Å². The molecular formula is C11H12Cl2N2O3S. The van der Waals surface area contributed by atoms with Crippen LogP contribution in [0, 0.1) is 0 Å². The fourth-order valence-corrected chi connectivity index (χ4v) is 4.48. The summed E-state index contributed by atoms with van der Waals surface area (Å²) in [6.07, 6.45) is 0. The highest BCUT2D eigenvalue weighted by molar-refractivity contribution is 7.91. The number of benzene rings is 1. The Bertz CT molecular complexity index is 574. The molecule has 1 heterocycles. The molecule has 0 radical (unpaired) electrons. The molecule has 0 saturated carbocycles. The summed E-state index contributed by atoms with van der Waals surface area (Å²) in [6, 6.07) is 5.51. The van der Waals surface area contributed by atoms with Gasteiger partial charge in [0.2, 0.25) is 0 Å². The summed E-state index contributed by atoms with van der Waals surface area (Å²) in [5.41, 5.74) is 0.564. The van der Waals surface area contributed by atoms with Crippen LogP contribution in [0.1, 0.15) is 0 Å². The Labute approximate surface area is 121 Å². The lowest BCUT2D eigenvalue weighted by atomic mass is 10.2. The monoisotopic (exact) mass is 322 g/mol. The molecule has 0 unspecified atom stereocenters. The van der Waals surface area contributed by atoms with Crippen LogP contribution in [0.5, 0.6) is 0 Å². The first-order valence-corrected chi connectivity index (χ1v) is 8.17. The number of alkyl halides is 1. The first-order chi connectivity index (χ1) is 8.85. The molecule has 5 nitrogen and oxygen atoms in total. The van der Waals surface area contributed by atoms with Crippen LogP contribution in [0.25, 0.3) is 0 Å². The van der Waals surface area contributed by atoms with E-state index in [1.807, 2.05) is 0 Å². The number of amides is 2. The number of nitrogens with one attached hydrogen (secondary N) is 2. The van der Waals surface area contributed by atoms with Crippen molar-refractivity contribution in [2.45, 2.75) is 11.4 Å². The Kier molecular flexibility index (Phi) is 4.23. The molecule has 0 aromatic heterocycles. The minimum atomic E-state index is -3.16. The van der Waals surface area contributed by atoms with Gasteiger partial charge in [-0.2, -0.15) is 0 Å². The predicted octanol–water partition coefficient (Wildman–Crippen LogP) is 1.87. The van der Waals surface area contributed by atoms with Gasteiger partial charge in [-0.15, -0.1) is 11.6 Å². The van der Waals surface area contributed by atoms with Crippen molar-refractivity contribution in [2.24, 2.45) is 0 Å². The maximum atomic E-state index is 11.7. The van der Waals surface area contributed by atoms with Crippen LogP contribution in [0.2, 0.25) is 5.02 Å². The molecule has 1 aliphatic heterocycles. The average Bonchev–Trinajstić information content (AvgIpc) is 2.55. The van der Waals surface area contributed by atoms with E-state index in [-0.39, 0.29) is 11.5 Å². The molecule has 0 bridgehead atoms. The summed E-state index contributed by atoms with van der Waals surface area (Å²) < 4.78 is 22.7. The van der Waals surface area contributed by atoms with Crippen LogP contribution in [0.15, 0.2) is 24.3 Å². The van der Waals surface area contributed by atoms with Crippen LogP contribution in [0.4, 0.5) is 10.5 Å². The van der Waals surface area contributed by atoms with Gasteiger partial charge in [0.15, 0.2) is 9.84 Å². The summed E-state index contributed by atoms with van der Waals surface area (Å²) in [6.45, 7) is 0. The third-order valence-electron chi connectivity index (χ3n) is 2.70. The molecule has 2 atom stereocenters. The van der Waals surface area contributed by atoms with Crippen molar-refractivity contribution in [2.75, 3.05) is 16.8 Å². The van der Waals surface area contributed by atoms with Crippen LogP contribution in [-0.2, 0) is 9.84 Å². The number of rotatable bonds is 2. The number of urea groups is 1. The molecule has 8 heteroatoms. The molecule has 0 spiro atoms. The van der Waals surface area contributed by atoms with E-state index < -0.39 is 27.3 Å². The molecule has 1 aromatic rings. The lowest BCUT2D eigenvalue weighted by molar-refractivity contribution is 0.249. The molecule has 1 saturated heterocycles. The highest BCUT2D eigenvalue weighted by Crippen LogP contribution is 2.18. The van der Waals surface area contributed by atoms with Crippen LogP contribution < -0.4 is 10.6 Å². The second-order valence-electron chi connectivity index (χ2n) is 4.30. The van der Waals surface area contributed by atoms with Crippen molar-refractivity contribution >= 4 is 44.8 Å². The quantitative estimate of drug-likeness (QED) is 0.816. The van der Waals surface area contributed by atoms with Gasteiger partial charge in [-0.25, -0.2) is 13.2 Å². The van der Waals surface area contributed by atoms with Gasteiger partial charge in [0.1, 0.15) is 0 Å². The summed E-state index contributed by atoms with van der Waals surface area (Å²) in [4.78, 5) is 11.7. The van der Waals surface area contributed by atoms with E-state index in [1.165, 1.54) is 0 Å². The number of hydrogen-bond acceptors (Lipinski definition) is 3. The molecular weight excluding hydrogens is 311 g/mol. The molecule has 0 aliphatic carbocycles. The zero-order valence-corrected chi connectivity index (χ0v) is 12.1. The minimum Gasteiger partial charge on any atom is -0.333 e. The van der Waals surface area contributed by atoms with Gasteiger partial charge >= 0.3 is 6.03 Å². The van der Waals surface area contributed by atoms with Crippen molar-refractivity contribution in [3.05, 3.63) is 29.3 Å². The third-order valence-corrected chi connectivity index (χ3v) is 5.33. The van der Waals surface area contributed by atoms with Crippen molar-refractivity contribution in [1.29, 1.82) is 0 Å². The number of carbonyl (C=O) groups is 1. The molecule has 1 aromatic carbocycles. The molecule has 1 aliphatic rings. The Morgan fingerprint density at radius 1 is 1.21 bits per heavy atom. The Balaban J connectivity index is 1.93. The van der Waals surface area contributed by atoms with Gasteiger partial charge in [-0.05, 0) is 24.3 Å². The highest BCUT2D eigenvalue weighted by Gasteiger charge is 2.37. The largest absolute Gasteiger partial charge is 0.333 e. The van der Waals surface area contributed by atoms with E-state index in [4.69, 9.17) is 23.2 Å². The predicted molar refractivity (Wildman–Crippen MR) is 75.7 cm³/mol. The van der Waals surface area contributed by atoms with Gasteiger partial charge in [-0.1, -0.05) is 11.6 Å². The number of carbonyl (C=O) groups excluding carboxylic acids is 1. The van der Waals surface area contributed by atoms with E-state index in [9.17, 15) is 13.2 Å². The molecule has 19 heavy (non-hydrogen) atoms. The molecule has 2 amide bonds. The van der Waals surface area contributed by atoms with Gasteiger partial charge in [-0.3, -0.25) is 0 Å². The lowest BCUT2D eigenvalue weighted by Crippen LogP contribution is -2.42. The SMILES string of the molecule is O=C(Nc1ccc(Cl)cc1)N[C@H]1CS(=O)(=O)C[C@@H]1Cl. The van der Waals surface area contributed by atoms with Gasteiger partial charge in [0, 0.05) is 10.7 Å². The van der Waals surface area contributed by atoms with E-state index in [2.05, 4.69) is 10.6 Å². The van der Waals surface area contributed by atoms with Crippen LogP contribution in [-0.4, -0.2) is 37.4 Å². The number of sulfone groups is 1. The zero-order chi connectivity index (χ0) is 14.0. The van der Waals surface area contributed by atoms with Crippen LogP contribution in [0.3, 0.4) is 0 Å². The Hall–Kier alpha value is -0.980. The van der Waals surface area contributed by atoms with Crippen molar-refractivity contribution in [3.8, 4) is 0 Å².